The molecule has 0 aromatic carbocycles. The van der Waals surface area contributed by atoms with Crippen LogP contribution in [0.15, 0.2) is 18.3 Å². The lowest BCUT2D eigenvalue weighted by atomic mass is 10.0. The van der Waals surface area contributed by atoms with Gasteiger partial charge >= 0.3 is 0 Å². The lowest BCUT2D eigenvalue weighted by molar-refractivity contribution is -0.0250. The molecule has 1 unspecified atom stereocenters. The maximum Gasteiger partial charge on any atom is 0.141 e. The third-order valence-electron chi connectivity index (χ3n) is 2.49. The van der Waals surface area contributed by atoms with E-state index < -0.39 is 0 Å². The van der Waals surface area contributed by atoms with E-state index in [0.717, 1.165) is 5.69 Å². The van der Waals surface area contributed by atoms with Crippen LogP contribution in [0.3, 0.4) is 0 Å². The third kappa shape index (κ3) is 2.52. The molecule has 4 heteroatoms. The second kappa shape index (κ2) is 3.87. The molecule has 0 bridgehead atoms. The molecular weight excluding hydrogens is 195 g/mol. The number of nitrogens with zero attached hydrogens (tertiary/aromatic N) is 1. The normalized spacial score (nSPS) is 25.1. The molecular formula is C11H15FN2O. The summed E-state index contributed by atoms with van der Waals surface area (Å²) in [6.45, 7) is 5.52. The molecule has 1 aromatic rings. The minimum atomic E-state index is -0.317. The molecule has 1 N–H and O–H groups in total. The number of halogens is 1. The molecule has 1 aliphatic heterocycles. The zero-order valence-electron chi connectivity index (χ0n) is 8.96. The Labute approximate surface area is 88.7 Å². The molecule has 2 rings (SSSR count). The maximum atomic E-state index is 12.7. The van der Waals surface area contributed by atoms with Gasteiger partial charge in [0.05, 0.1) is 18.5 Å². The van der Waals surface area contributed by atoms with Gasteiger partial charge in [-0.05, 0) is 26.0 Å². The Balaban J connectivity index is 2.04. The van der Waals surface area contributed by atoms with Crippen LogP contribution in [0.2, 0.25) is 0 Å². The van der Waals surface area contributed by atoms with Crippen molar-refractivity contribution >= 4 is 0 Å². The Morgan fingerprint density at radius 3 is 2.87 bits per heavy atom. The van der Waals surface area contributed by atoms with Gasteiger partial charge in [0, 0.05) is 12.1 Å². The molecule has 0 saturated carbocycles. The number of hydrogen-bond acceptors (Lipinski definition) is 3. The fourth-order valence-electron chi connectivity index (χ4n) is 1.56. The van der Waals surface area contributed by atoms with Gasteiger partial charge in [-0.1, -0.05) is 0 Å². The molecule has 3 nitrogen and oxygen atoms in total. The van der Waals surface area contributed by atoms with Crippen molar-refractivity contribution in [3.05, 3.63) is 29.8 Å². The SMILES string of the molecule is CC1(C)COC(c2ccc(F)cn2)CN1. The Kier molecular flexibility index (Phi) is 2.71. The highest BCUT2D eigenvalue weighted by atomic mass is 19.1. The molecule has 1 aliphatic rings. The van der Waals surface area contributed by atoms with Gasteiger partial charge in [0.15, 0.2) is 0 Å². The van der Waals surface area contributed by atoms with Crippen molar-refractivity contribution in [2.75, 3.05) is 13.2 Å². The van der Waals surface area contributed by atoms with Crippen LogP contribution < -0.4 is 5.32 Å². The minimum absolute atomic E-state index is 0.0104. The van der Waals surface area contributed by atoms with Crippen LogP contribution in [0.25, 0.3) is 0 Å². The van der Waals surface area contributed by atoms with Crippen LogP contribution in [0.4, 0.5) is 4.39 Å². The fourth-order valence-corrected chi connectivity index (χ4v) is 1.56. The number of ether oxygens (including phenoxy) is 1. The predicted molar refractivity (Wildman–Crippen MR) is 55.0 cm³/mol. The van der Waals surface area contributed by atoms with Crippen LogP contribution in [0.1, 0.15) is 25.6 Å². The van der Waals surface area contributed by atoms with Crippen molar-refractivity contribution in [2.24, 2.45) is 0 Å². The topological polar surface area (TPSA) is 34.1 Å². The van der Waals surface area contributed by atoms with Gasteiger partial charge in [0.25, 0.3) is 0 Å². The van der Waals surface area contributed by atoms with E-state index in [9.17, 15) is 4.39 Å². The van der Waals surface area contributed by atoms with Gasteiger partial charge in [-0.2, -0.15) is 0 Å². The van der Waals surface area contributed by atoms with E-state index in [4.69, 9.17) is 4.74 Å². The average Bonchev–Trinajstić information content (AvgIpc) is 2.20. The molecule has 0 amide bonds. The first-order chi connectivity index (χ1) is 7.07. The number of rotatable bonds is 1. The summed E-state index contributed by atoms with van der Waals surface area (Å²) in [6.07, 6.45) is 1.15. The molecule has 1 atom stereocenters. The van der Waals surface area contributed by atoms with E-state index in [0.29, 0.717) is 13.2 Å². The molecule has 0 radical (unpaired) electrons. The number of pyridine rings is 1. The van der Waals surface area contributed by atoms with Crippen LogP contribution in [-0.4, -0.2) is 23.7 Å². The van der Waals surface area contributed by atoms with Gasteiger partial charge in [-0.3, -0.25) is 4.98 Å². The molecule has 1 saturated heterocycles. The zero-order chi connectivity index (χ0) is 10.9. The van der Waals surface area contributed by atoms with Crippen molar-refractivity contribution in [3.8, 4) is 0 Å². The van der Waals surface area contributed by atoms with E-state index in [1.54, 1.807) is 6.07 Å². The molecule has 1 fully saturated rings. The smallest absolute Gasteiger partial charge is 0.141 e. The molecule has 0 aliphatic carbocycles. The summed E-state index contributed by atoms with van der Waals surface area (Å²) in [4.78, 5) is 4.01. The molecule has 1 aromatic heterocycles. The zero-order valence-corrected chi connectivity index (χ0v) is 8.96. The fraction of sp³-hybridized carbons (Fsp3) is 0.545. The van der Waals surface area contributed by atoms with Gasteiger partial charge < -0.3 is 10.1 Å². The summed E-state index contributed by atoms with van der Waals surface area (Å²) in [7, 11) is 0. The van der Waals surface area contributed by atoms with Gasteiger partial charge in [-0.25, -0.2) is 4.39 Å². The summed E-state index contributed by atoms with van der Waals surface area (Å²) in [6, 6.07) is 3.07. The van der Waals surface area contributed by atoms with E-state index in [1.807, 2.05) is 0 Å². The lowest BCUT2D eigenvalue weighted by Crippen LogP contribution is -2.50. The van der Waals surface area contributed by atoms with Gasteiger partial charge in [0.2, 0.25) is 0 Å². The Morgan fingerprint density at radius 2 is 2.33 bits per heavy atom. The third-order valence-corrected chi connectivity index (χ3v) is 2.49. The van der Waals surface area contributed by atoms with Gasteiger partial charge in [0.1, 0.15) is 11.9 Å². The Morgan fingerprint density at radius 1 is 1.53 bits per heavy atom. The van der Waals surface area contributed by atoms with Gasteiger partial charge in [-0.15, -0.1) is 0 Å². The molecule has 15 heavy (non-hydrogen) atoms. The van der Waals surface area contributed by atoms with E-state index in [2.05, 4.69) is 24.1 Å². The largest absolute Gasteiger partial charge is 0.369 e. The number of hydrogen-bond donors (Lipinski definition) is 1. The molecule has 2 heterocycles. The number of aromatic nitrogens is 1. The second-order valence-corrected chi connectivity index (χ2v) is 4.47. The van der Waals surface area contributed by atoms with Crippen molar-refractivity contribution in [1.82, 2.24) is 10.3 Å². The minimum Gasteiger partial charge on any atom is -0.369 e. The first-order valence-electron chi connectivity index (χ1n) is 5.05. The highest BCUT2D eigenvalue weighted by molar-refractivity contribution is 5.10. The molecule has 0 spiro atoms. The van der Waals surface area contributed by atoms with Crippen LogP contribution in [0.5, 0.6) is 0 Å². The lowest BCUT2D eigenvalue weighted by Gasteiger charge is -2.35. The number of morpholine rings is 1. The second-order valence-electron chi connectivity index (χ2n) is 4.47. The Hall–Kier alpha value is -1.00. The van der Waals surface area contributed by atoms with E-state index >= 15 is 0 Å². The predicted octanol–water partition coefficient (Wildman–Crippen LogP) is 1.66. The number of nitrogens with one attached hydrogen (secondary N) is 1. The van der Waals surface area contributed by atoms with Crippen LogP contribution >= 0.6 is 0 Å². The molecule has 82 valence electrons. The average molecular weight is 210 g/mol. The van der Waals surface area contributed by atoms with E-state index in [1.165, 1.54) is 12.3 Å². The maximum absolute atomic E-state index is 12.7. The first kappa shape index (κ1) is 10.5. The summed E-state index contributed by atoms with van der Waals surface area (Å²) in [5.41, 5.74) is 0.788. The van der Waals surface area contributed by atoms with Crippen LogP contribution in [0, 0.1) is 5.82 Å². The first-order valence-corrected chi connectivity index (χ1v) is 5.05. The van der Waals surface area contributed by atoms with Crippen LogP contribution in [-0.2, 0) is 4.74 Å². The van der Waals surface area contributed by atoms with Crippen molar-refractivity contribution in [2.45, 2.75) is 25.5 Å². The Bertz CT molecular complexity index is 327. The van der Waals surface area contributed by atoms with Crippen molar-refractivity contribution in [3.63, 3.8) is 0 Å². The quantitative estimate of drug-likeness (QED) is 0.765. The summed E-state index contributed by atoms with van der Waals surface area (Å²) >= 11 is 0. The summed E-state index contributed by atoms with van der Waals surface area (Å²) in [5.74, 6) is -0.317. The highest BCUT2D eigenvalue weighted by Gasteiger charge is 2.28. The summed E-state index contributed by atoms with van der Waals surface area (Å²) in [5, 5.41) is 3.36. The monoisotopic (exact) mass is 210 g/mol. The van der Waals surface area contributed by atoms with Crippen molar-refractivity contribution < 1.29 is 9.13 Å². The highest BCUT2D eigenvalue weighted by Crippen LogP contribution is 2.21. The van der Waals surface area contributed by atoms with Crippen molar-refractivity contribution in [1.29, 1.82) is 0 Å². The standard InChI is InChI=1S/C11H15FN2O/c1-11(2)7-15-10(6-14-11)9-4-3-8(12)5-13-9/h3-5,10,14H,6-7H2,1-2H3. The van der Waals surface area contributed by atoms with E-state index in [-0.39, 0.29) is 17.5 Å². The summed E-state index contributed by atoms with van der Waals surface area (Å²) < 4.78 is 18.3.